The highest BCUT2D eigenvalue weighted by Gasteiger charge is 2.27. The number of hydrogen-bond acceptors (Lipinski definition) is 2. The lowest BCUT2D eigenvalue weighted by Gasteiger charge is -2.27. The fraction of sp³-hybridized carbons (Fsp3) is 0.444. The van der Waals surface area contributed by atoms with Gasteiger partial charge in [-0.25, -0.2) is 9.37 Å². The Balaban J connectivity index is 1.85. The molecule has 1 amide bonds. The summed E-state index contributed by atoms with van der Waals surface area (Å²) >= 11 is 0. The quantitative estimate of drug-likeness (QED) is 0.853. The molecule has 4 nitrogen and oxygen atoms in total. The molecule has 0 saturated heterocycles. The molecule has 0 aliphatic carbocycles. The van der Waals surface area contributed by atoms with E-state index in [9.17, 15) is 9.18 Å². The van der Waals surface area contributed by atoms with Crippen molar-refractivity contribution in [3.8, 4) is 0 Å². The first-order valence-electron chi connectivity index (χ1n) is 7.98. The highest BCUT2D eigenvalue weighted by atomic mass is 19.1. The fourth-order valence-electron chi connectivity index (χ4n) is 3.15. The van der Waals surface area contributed by atoms with E-state index in [-0.39, 0.29) is 11.7 Å². The monoisotopic (exact) mass is 315 g/mol. The Morgan fingerprint density at radius 1 is 1.35 bits per heavy atom. The van der Waals surface area contributed by atoms with Gasteiger partial charge in [0.1, 0.15) is 11.6 Å². The summed E-state index contributed by atoms with van der Waals surface area (Å²) < 4.78 is 15.9. The van der Waals surface area contributed by atoms with Crippen molar-refractivity contribution in [3.05, 3.63) is 52.4 Å². The maximum Gasteiger partial charge on any atom is 0.254 e. The standard InChI is InChI=1S/C18H22FN3O/c1-11(2)17-20-15-10-22(8-7-16(15)21(17)4)18(23)13-6-5-12(3)14(19)9-13/h5-6,9,11H,7-8,10H2,1-4H3. The molecule has 122 valence electrons. The number of imidazole rings is 1. The Labute approximate surface area is 135 Å². The minimum Gasteiger partial charge on any atom is -0.334 e. The van der Waals surface area contributed by atoms with Crippen molar-refractivity contribution >= 4 is 5.91 Å². The smallest absolute Gasteiger partial charge is 0.254 e. The normalized spacial score (nSPS) is 14.3. The Kier molecular flexibility index (Phi) is 3.96. The van der Waals surface area contributed by atoms with Crippen LogP contribution < -0.4 is 0 Å². The van der Waals surface area contributed by atoms with Gasteiger partial charge in [-0.05, 0) is 24.6 Å². The molecular weight excluding hydrogens is 293 g/mol. The summed E-state index contributed by atoms with van der Waals surface area (Å²) in [6, 6.07) is 4.66. The van der Waals surface area contributed by atoms with E-state index in [1.165, 1.54) is 11.8 Å². The van der Waals surface area contributed by atoms with E-state index in [1.807, 2.05) is 7.05 Å². The first-order chi connectivity index (χ1) is 10.9. The van der Waals surface area contributed by atoms with Crippen LogP contribution in [-0.4, -0.2) is 26.9 Å². The summed E-state index contributed by atoms with van der Waals surface area (Å²) in [5.41, 5.74) is 3.11. The number of benzene rings is 1. The number of carbonyl (C=O) groups is 1. The lowest BCUT2D eigenvalue weighted by Crippen LogP contribution is -2.36. The zero-order chi connectivity index (χ0) is 16.7. The SMILES string of the molecule is Cc1ccc(C(=O)N2CCc3c(nc(C(C)C)n3C)C2)cc1F. The molecule has 5 heteroatoms. The van der Waals surface area contributed by atoms with E-state index < -0.39 is 0 Å². The number of nitrogens with zero attached hydrogens (tertiary/aromatic N) is 3. The molecule has 0 spiro atoms. The van der Waals surface area contributed by atoms with Crippen molar-refractivity contribution in [2.75, 3.05) is 6.54 Å². The van der Waals surface area contributed by atoms with Crippen LogP contribution in [0.5, 0.6) is 0 Å². The van der Waals surface area contributed by atoms with E-state index >= 15 is 0 Å². The van der Waals surface area contributed by atoms with Gasteiger partial charge in [-0.1, -0.05) is 19.9 Å². The Morgan fingerprint density at radius 2 is 2.09 bits per heavy atom. The molecule has 0 radical (unpaired) electrons. The average molecular weight is 315 g/mol. The molecule has 3 rings (SSSR count). The number of aryl methyl sites for hydroxylation is 1. The number of hydrogen-bond donors (Lipinski definition) is 0. The molecule has 0 bridgehead atoms. The van der Waals surface area contributed by atoms with E-state index in [0.717, 1.165) is 17.9 Å². The summed E-state index contributed by atoms with van der Waals surface area (Å²) in [6.07, 6.45) is 0.783. The Morgan fingerprint density at radius 3 is 2.74 bits per heavy atom. The fourth-order valence-corrected chi connectivity index (χ4v) is 3.15. The predicted molar refractivity (Wildman–Crippen MR) is 86.9 cm³/mol. The van der Waals surface area contributed by atoms with Gasteiger partial charge in [0.2, 0.25) is 0 Å². The zero-order valence-corrected chi connectivity index (χ0v) is 14.1. The molecule has 23 heavy (non-hydrogen) atoms. The molecular formula is C18H22FN3O. The van der Waals surface area contributed by atoms with Crippen LogP contribution in [0.1, 0.15) is 52.9 Å². The molecule has 2 heterocycles. The Hall–Kier alpha value is -2.17. The van der Waals surface area contributed by atoms with Crippen molar-refractivity contribution in [1.29, 1.82) is 0 Å². The number of amides is 1. The Bertz CT molecular complexity index is 764. The molecule has 1 aromatic heterocycles. The molecule has 0 saturated carbocycles. The number of rotatable bonds is 2. The van der Waals surface area contributed by atoms with Crippen molar-refractivity contribution in [3.63, 3.8) is 0 Å². The molecule has 0 atom stereocenters. The third kappa shape index (κ3) is 2.76. The minimum absolute atomic E-state index is 0.133. The van der Waals surface area contributed by atoms with Crippen molar-refractivity contribution < 1.29 is 9.18 Å². The van der Waals surface area contributed by atoms with Gasteiger partial charge in [-0.3, -0.25) is 4.79 Å². The highest BCUT2D eigenvalue weighted by molar-refractivity contribution is 5.94. The lowest BCUT2D eigenvalue weighted by molar-refractivity contribution is 0.0730. The van der Waals surface area contributed by atoms with Crippen LogP contribution in [-0.2, 0) is 20.0 Å². The molecule has 1 aliphatic rings. The van der Waals surface area contributed by atoms with E-state index in [2.05, 4.69) is 18.4 Å². The largest absolute Gasteiger partial charge is 0.334 e. The number of carbonyl (C=O) groups excluding carboxylic acids is 1. The van der Waals surface area contributed by atoms with Gasteiger partial charge in [-0.2, -0.15) is 0 Å². The van der Waals surface area contributed by atoms with Crippen molar-refractivity contribution in [1.82, 2.24) is 14.5 Å². The lowest BCUT2D eigenvalue weighted by atomic mass is 10.1. The van der Waals surface area contributed by atoms with Gasteiger partial charge in [0, 0.05) is 37.2 Å². The predicted octanol–water partition coefficient (Wildman–Crippen LogP) is 3.19. The maximum atomic E-state index is 13.7. The molecule has 1 aliphatic heterocycles. The molecule has 1 aromatic carbocycles. The van der Waals surface area contributed by atoms with Gasteiger partial charge >= 0.3 is 0 Å². The minimum atomic E-state index is -0.339. The molecule has 2 aromatic rings. The third-order valence-corrected chi connectivity index (χ3v) is 4.51. The van der Waals surface area contributed by atoms with Gasteiger partial charge in [0.25, 0.3) is 5.91 Å². The highest BCUT2D eigenvalue weighted by Crippen LogP contribution is 2.24. The van der Waals surface area contributed by atoms with Crippen LogP contribution in [0.4, 0.5) is 4.39 Å². The molecule has 0 fully saturated rings. The summed E-state index contributed by atoms with van der Waals surface area (Å²) in [4.78, 5) is 19.1. The van der Waals surface area contributed by atoms with Gasteiger partial charge in [0.15, 0.2) is 0 Å². The first-order valence-corrected chi connectivity index (χ1v) is 7.98. The van der Waals surface area contributed by atoms with Crippen molar-refractivity contribution in [2.45, 2.75) is 39.7 Å². The van der Waals surface area contributed by atoms with Crippen LogP contribution in [0.25, 0.3) is 0 Å². The molecule has 0 unspecified atom stereocenters. The third-order valence-electron chi connectivity index (χ3n) is 4.51. The van der Waals surface area contributed by atoms with Crippen LogP contribution in [0, 0.1) is 12.7 Å². The summed E-state index contributed by atoms with van der Waals surface area (Å²) in [5.74, 6) is 0.923. The first kappa shape index (κ1) is 15.7. The number of fused-ring (bicyclic) bond motifs is 1. The van der Waals surface area contributed by atoms with Gasteiger partial charge in [-0.15, -0.1) is 0 Å². The van der Waals surface area contributed by atoms with Crippen LogP contribution >= 0.6 is 0 Å². The van der Waals surface area contributed by atoms with Crippen LogP contribution in [0.2, 0.25) is 0 Å². The number of aromatic nitrogens is 2. The molecule has 0 N–H and O–H groups in total. The second-order valence-electron chi connectivity index (χ2n) is 6.52. The second-order valence-corrected chi connectivity index (χ2v) is 6.52. The summed E-state index contributed by atoms with van der Waals surface area (Å²) in [5, 5.41) is 0. The van der Waals surface area contributed by atoms with E-state index in [4.69, 9.17) is 4.98 Å². The van der Waals surface area contributed by atoms with Crippen LogP contribution in [0.15, 0.2) is 18.2 Å². The summed E-state index contributed by atoms with van der Waals surface area (Å²) in [7, 11) is 2.04. The maximum absolute atomic E-state index is 13.7. The summed E-state index contributed by atoms with van der Waals surface area (Å²) in [6.45, 7) is 7.05. The van der Waals surface area contributed by atoms with Crippen molar-refractivity contribution in [2.24, 2.45) is 7.05 Å². The topological polar surface area (TPSA) is 38.1 Å². The van der Waals surface area contributed by atoms with E-state index in [1.54, 1.807) is 24.0 Å². The zero-order valence-electron chi connectivity index (χ0n) is 14.1. The second kappa shape index (κ2) is 5.80. The number of halogens is 1. The van der Waals surface area contributed by atoms with Gasteiger partial charge in [0.05, 0.1) is 12.2 Å². The average Bonchev–Trinajstić information content (AvgIpc) is 2.86. The van der Waals surface area contributed by atoms with Gasteiger partial charge < -0.3 is 9.47 Å². The van der Waals surface area contributed by atoms with E-state index in [0.29, 0.717) is 30.1 Å². The van der Waals surface area contributed by atoms with Crippen LogP contribution in [0.3, 0.4) is 0 Å².